The summed E-state index contributed by atoms with van der Waals surface area (Å²) in [4.78, 5) is 15.9. The molecule has 0 saturated carbocycles. The van der Waals surface area contributed by atoms with E-state index in [-0.39, 0.29) is 0 Å². The summed E-state index contributed by atoms with van der Waals surface area (Å²) in [6, 6.07) is 12.0. The van der Waals surface area contributed by atoms with Crippen molar-refractivity contribution in [3.63, 3.8) is 0 Å². The SMILES string of the molecule is Clc1cccc(-c2nccnc2C2CCCN(Cc3ccncc3)C2)c1. The quantitative estimate of drug-likeness (QED) is 0.680. The van der Waals surface area contributed by atoms with Gasteiger partial charge in [0, 0.05) is 54.4 Å². The lowest BCUT2D eigenvalue weighted by Crippen LogP contribution is -2.34. The normalized spacial score (nSPS) is 18.0. The van der Waals surface area contributed by atoms with Gasteiger partial charge in [0.05, 0.1) is 11.4 Å². The van der Waals surface area contributed by atoms with Crippen molar-refractivity contribution in [1.82, 2.24) is 19.9 Å². The zero-order valence-electron chi connectivity index (χ0n) is 14.6. The van der Waals surface area contributed by atoms with E-state index in [1.807, 2.05) is 30.6 Å². The van der Waals surface area contributed by atoms with E-state index in [9.17, 15) is 0 Å². The maximum absolute atomic E-state index is 6.18. The van der Waals surface area contributed by atoms with E-state index in [2.05, 4.69) is 33.1 Å². The third-order valence-corrected chi connectivity index (χ3v) is 5.11. The summed E-state index contributed by atoms with van der Waals surface area (Å²) in [5.41, 5.74) is 4.36. The molecule has 1 aliphatic heterocycles. The summed E-state index contributed by atoms with van der Waals surface area (Å²) in [5.74, 6) is 0.383. The highest BCUT2D eigenvalue weighted by Gasteiger charge is 2.25. The molecule has 0 radical (unpaired) electrons. The Morgan fingerprint density at radius 2 is 1.88 bits per heavy atom. The molecule has 2 aromatic heterocycles. The molecule has 1 aliphatic rings. The minimum Gasteiger partial charge on any atom is -0.298 e. The molecule has 1 atom stereocenters. The number of hydrogen-bond donors (Lipinski definition) is 0. The van der Waals surface area contributed by atoms with Crippen LogP contribution in [0.15, 0.2) is 61.2 Å². The standard InChI is InChI=1S/C21H21ClN4/c22-19-5-1-3-17(13-19)20-21(25-11-10-24-20)18-4-2-12-26(15-18)14-16-6-8-23-9-7-16/h1,3,5-11,13,18H,2,4,12,14-15H2. The minimum atomic E-state index is 0.383. The van der Waals surface area contributed by atoms with Crippen molar-refractivity contribution in [1.29, 1.82) is 0 Å². The lowest BCUT2D eigenvalue weighted by molar-refractivity contribution is 0.198. The number of nitrogens with zero attached hydrogens (tertiary/aromatic N) is 4. The third-order valence-electron chi connectivity index (χ3n) is 4.87. The van der Waals surface area contributed by atoms with Gasteiger partial charge in [0.1, 0.15) is 0 Å². The Kier molecular flexibility index (Phi) is 5.23. The second kappa shape index (κ2) is 7.94. The molecule has 1 unspecified atom stereocenters. The largest absolute Gasteiger partial charge is 0.298 e. The van der Waals surface area contributed by atoms with Gasteiger partial charge in [-0.05, 0) is 49.2 Å². The van der Waals surface area contributed by atoms with Crippen LogP contribution in [0.5, 0.6) is 0 Å². The first-order valence-corrected chi connectivity index (χ1v) is 9.35. The zero-order valence-corrected chi connectivity index (χ0v) is 15.3. The van der Waals surface area contributed by atoms with Gasteiger partial charge in [0.15, 0.2) is 0 Å². The van der Waals surface area contributed by atoms with Crippen molar-refractivity contribution < 1.29 is 0 Å². The first kappa shape index (κ1) is 17.1. The molecule has 1 aromatic carbocycles. The van der Waals surface area contributed by atoms with Crippen molar-refractivity contribution in [3.8, 4) is 11.3 Å². The molecule has 3 heterocycles. The topological polar surface area (TPSA) is 41.9 Å². The van der Waals surface area contributed by atoms with E-state index < -0.39 is 0 Å². The summed E-state index contributed by atoms with van der Waals surface area (Å²) in [7, 11) is 0. The number of aromatic nitrogens is 3. The highest BCUT2D eigenvalue weighted by molar-refractivity contribution is 6.30. The van der Waals surface area contributed by atoms with Gasteiger partial charge in [-0.15, -0.1) is 0 Å². The Morgan fingerprint density at radius 1 is 1.04 bits per heavy atom. The minimum absolute atomic E-state index is 0.383. The molecule has 0 N–H and O–H groups in total. The zero-order chi connectivity index (χ0) is 17.8. The summed E-state index contributed by atoms with van der Waals surface area (Å²) in [6.07, 6.45) is 9.58. The fourth-order valence-electron chi connectivity index (χ4n) is 3.67. The maximum atomic E-state index is 6.18. The molecular formula is C21H21ClN4. The van der Waals surface area contributed by atoms with Gasteiger partial charge in [-0.1, -0.05) is 23.7 Å². The third kappa shape index (κ3) is 3.92. The van der Waals surface area contributed by atoms with E-state index in [4.69, 9.17) is 16.6 Å². The van der Waals surface area contributed by atoms with Crippen molar-refractivity contribution in [2.24, 2.45) is 0 Å². The predicted molar refractivity (Wildman–Crippen MR) is 104 cm³/mol. The van der Waals surface area contributed by atoms with Gasteiger partial charge in [-0.3, -0.25) is 19.9 Å². The van der Waals surface area contributed by atoms with Crippen LogP contribution < -0.4 is 0 Å². The molecule has 5 heteroatoms. The monoisotopic (exact) mass is 364 g/mol. The number of pyridine rings is 1. The summed E-state index contributed by atoms with van der Waals surface area (Å²) in [6.45, 7) is 3.06. The van der Waals surface area contributed by atoms with E-state index >= 15 is 0 Å². The predicted octanol–water partition coefficient (Wildman–Crippen LogP) is 4.57. The highest BCUT2D eigenvalue weighted by atomic mass is 35.5. The van der Waals surface area contributed by atoms with Gasteiger partial charge in [0.25, 0.3) is 0 Å². The van der Waals surface area contributed by atoms with Crippen molar-refractivity contribution >= 4 is 11.6 Å². The van der Waals surface area contributed by atoms with Gasteiger partial charge in [-0.25, -0.2) is 0 Å². The molecule has 4 rings (SSSR count). The van der Waals surface area contributed by atoms with Crippen LogP contribution >= 0.6 is 11.6 Å². The first-order chi connectivity index (χ1) is 12.8. The second-order valence-electron chi connectivity index (χ2n) is 6.73. The summed E-state index contributed by atoms with van der Waals surface area (Å²) >= 11 is 6.18. The molecular weight excluding hydrogens is 344 g/mol. The van der Waals surface area contributed by atoms with Gasteiger partial charge < -0.3 is 0 Å². The lowest BCUT2D eigenvalue weighted by Gasteiger charge is -2.33. The van der Waals surface area contributed by atoms with E-state index in [1.54, 1.807) is 12.4 Å². The smallest absolute Gasteiger partial charge is 0.0921 e. The average Bonchev–Trinajstić information content (AvgIpc) is 2.69. The van der Waals surface area contributed by atoms with E-state index in [0.29, 0.717) is 5.92 Å². The Hall–Kier alpha value is -2.30. The molecule has 0 aliphatic carbocycles. The maximum Gasteiger partial charge on any atom is 0.0921 e. The number of rotatable bonds is 4. The Balaban J connectivity index is 1.57. The molecule has 0 spiro atoms. The van der Waals surface area contributed by atoms with Gasteiger partial charge >= 0.3 is 0 Å². The Labute approximate surface area is 158 Å². The van der Waals surface area contributed by atoms with Crippen molar-refractivity contribution in [2.75, 3.05) is 13.1 Å². The molecule has 1 fully saturated rings. The number of likely N-dealkylation sites (tertiary alicyclic amines) is 1. The molecule has 1 saturated heterocycles. The van der Waals surface area contributed by atoms with Crippen LogP contribution in [0.2, 0.25) is 5.02 Å². The number of piperidine rings is 1. The fraction of sp³-hybridized carbons (Fsp3) is 0.286. The average molecular weight is 365 g/mol. The summed E-state index contributed by atoms with van der Waals surface area (Å²) < 4.78 is 0. The van der Waals surface area contributed by atoms with Gasteiger partial charge in [-0.2, -0.15) is 0 Å². The highest BCUT2D eigenvalue weighted by Crippen LogP contribution is 2.32. The number of halogens is 1. The molecule has 4 nitrogen and oxygen atoms in total. The first-order valence-electron chi connectivity index (χ1n) is 8.98. The van der Waals surface area contributed by atoms with Crippen molar-refractivity contribution in [2.45, 2.75) is 25.3 Å². The van der Waals surface area contributed by atoms with Crippen LogP contribution in [0, 0.1) is 0 Å². The van der Waals surface area contributed by atoms with Crippen LogP contribution in [-0.2, 0) is 6.54 Å². The molecule has 132 valence electrons. The molecule has 0 amide bonds. The van der Waals surface area contributed by atoms with Crippen LogP contribution in [-0.4, -0.2) is 32.9 Å². The fourth-order valence-corrected chi connectivity index (χ4v) is 3.86. The van der Waals surface area contributed by atoms with Crippen LogP contribution in [0.25, 0.3) is 11.3 Å². The molecule has 3 aromatic rings. The van der Waals surface area contributed by atoms with Crippen LogP contribution in [0.4, 0.5) is 0 Å². The molecule has 26 heavy (non-hydrogen) atoms. The van der Waals surface area contributed by atoms with Crippen molar-refractivity contribution in [3.05, 3.63) is 77.5 Å². The number of hydrogen-bond acceptors (Lipinski definition) is 4. The van der Waals surface area contributed by atoms with E-state index in [0.717, 1.165) is 48.0 Å². The van der Waals surface area contributed by atoms with Crippen LogP contribution in [0.3, 0.4) is 0 Å². The van der Waals surface area contributed by atoms with E-state index in [1.165, 1.54) is 12.0 Å². The van der Waals surface area contributed by atoms with Crippen LogP contribution in [0.1, 0.15) is 30.0 Å². The second-order valence-corrected chi connectivity index (χ2v) is 7.17. The van der Waals surface area contributed by atoms with Gasteiger partial charge in [0.2, 0.25) is 0 Å². The Morgan fingerprint density at radius 3 is 2.73 bits per heavy atom. The lowest BCUT2D eigenvalue weighted by atomic mass is 9.91. The Bertz CT molecular complexity index is 869. The molecule has 0 bridgehead atoms. The number of benzene rings is 1. The summed E-state index contributed by atoms with van der Waals surface area (Å²) in [5, 5.41) is 0.724.